The van der Waals surface area contributed by atoms with Gasteiger partial charge in [-0.15, -0.1) is 0 Å². The molecule has 1 N–H and O–H groups in total. The molecule has 2 aromatic carbocycles. The van der Waals surface area contributed by atoms with Gasteiger partial charge >= 0.3 is 0 Å². The van der Waals surface area contributed by atoms with Crippen molar-refractivity contribution in [3.05, 3.63) is 65.2 Å². The maximum atomic E-state index is 13.2. The lowest BCUT2D eigenvalue weighted by molar-refractivity contribution is -0.143. The van der Waals surface area contributed by atoms with Crippen LogP contribution in [0.3, 0.4) is 0 Å². The topological polar surface area (TPSA) is 58.6 Å². The van der Waals surface area contributed by atoms with Crippen LogP contribution in [0.4, 0.5) is 0 Å². The smallest absolute Gasteiger partial charge is 0.261 e. The third-order valence-electron chi connectivity index (χ3n) is 5.41. The highest BCUT2D eigenvalue weighted by atomic mass is 16.5. The Morgan fingerprint density at radius 3 is 2.28 bits per heavy atom. The minimum Gasteiger partial charge on any atom is -0.484 e. The molecular weight excluding hydrogens is 400 g/mol. The first kappa shape index (κ1) is 25.4. The van der Waals surface area contributed by atoms with Crippen molar-refractivity contribution in [1.29, 1.82) is 0 Å². The van der Waals surface area contributed by atoms with Gasteiger partial charge < -0.3 is 15.0 Å². The van der Waals surface area contributed by atoms with E-state index in [0.717, 1.165) is 11.1 Å². The fraction of sp³-hybridized carbons (Fsp3) is 0.481. The fourth-order valence-electron chi connectivity index (χ4n) is 3.53. The van der Waals surface area contributed by atoms with Crippen molar-refractivity contribution < 1.29 is 14.3 Å². The van der Waals surface area contributed by atoms with Crippen LogP contribution in [0.1, 0.15) is 63.6 Å². The monoisotopic (exact) mass is 438 g/mol. The molecule has 0 spiro atoms. The van der Waals surface area contributed by atoms with E-state index in [1.165, 1.54) is 5.56 Å². The van der Waals surface area contributed by atoms with Crippen molar-refractivity contribution in [3.8, 4) is 5.75 Å². The molecule has 0 aliphatic rings. The molecule has 0 radical (unpaired) electrons. The average molecular weight is 439 g/mol. The summed E-state index contributed by atoms with van der Waals surface area (Å²) in [5.74, 6) is 1.10. The number of aryl methyl sites for hydroxylation is 1. The van der Waals surface area contributed by atoms with Gasteiger partial charge in [0.05, 0.1) is 0 Å². The van der Waals surface area contributed by atoms with E-state index in [-0.39, 0.29) is 18.4 Å². The lowest BCUT2D eigenvalue weighted by Gasteiger charge is -2.31. The maximum Gasteiger partial charge on any atom is 0.261 e. The molecule has 0 bridgehead atoms. The quantitative estimate of drug-likeness (QED) is 0.532. The summed E-state index contributed by atoms with van der Waals surface area (Å²) in [6.45, 7) is 13.2. The average Bonchev–Trinajstić information content (AvgIpc) is 2.76. The number of benzene rings is 2. The van der Waals surface area contributed by atoms with Crippen molar-refractivity contribution in [1.82, 2.24) is 10.2 Å². The maximum absolute atomic E-state index is 13.2. The summed E-state index contributed by atoms with van der Waals surface area (Å²) in [6, 6.07) is 15.3. The van der Waals surface area contributed by atoms with Crippen LogP contribution in [0.25, 0.3) is 0 Å². The van der Waals surface area contributed by atoms with Gasteiger partial charge in [-0.1, -0.05) is 76.6 Å². The highest BCUT2D eigenvalue weighted by Gasteiger charge is 2.29. The van der Waals surface area contributed by atoms with Crippen LogP contribution in [0, 0.1) is 12.8 Å². The molecule has 32 heavy (non-hydrogen) atoms. The summed E-state index contributed by atoms with van der Waals surface area (Å²) < 4.78 is 5.79. The lowest BCUT2D eigenvalue weighted by Crippen LogP contribution is -2.50. The number of rotatable bonds is 11. The van der Waals surface area contributed by atoms with Crippen molar-refractivity contribution >= 4 is 11.8 Å². The van der Waals surface area contributed by atoms with Crippen LogP contribution < -0.4 is 10.1 Å². The third kappa shape index (κ3) is 7.70. The molecule has 0 aliphatic carbocycles. The minimum atomic E-state index is -0.548. The van der Waals surface area contributed by atoms with E-state index in [1.807, 2.05) is 62.4 Å². The van der Waals surface area contributed by atoms with Gasteiger partial charge in [0.2, 0.25) is 5.91 Å². The third-order valence-corrected chi connectivity index (χ3v) is 5.41. The molecule has 0 aliphatic heterocycles. The van der Waals surface area contributed by atoms with Crippen molar-refractivity contribution in [2.24, 2.45) is 5.92 Å². The minimum absolute atomic E-state index is 0.110. The summed E-state index contributed by atoms with van der Waals surface area (Å²) in [5, 5.41) is 2.98. The highest BCUT2D eigenvalue weighted by molar-refractivity contribution is 5.88. The van der Waals surface area contributed by atoms with Gasteiger partial charge in [0.1, 0.15) is 11.8 Å². The van der Waals surface area contributed by atoms with E-state index < -0.39 is 6.04 Å². The van der Waals surface area contributed by atoms with Crippen molar-refractivity contribution in [2.45, 2.75) is 66.5 Å². The Morgan fingerprint density at radius 1 is 1.03 bits per heavy atom. The lowest BCUT2D eigenvalue weighted by atomic mass is 10.0. The molecule has 2 aromatic rings. The highest BCUT2D eigenvalue weighted by Crippen LogP contribution is 2.19. The molecule has 0 saturated carbocycles. The molecule has 5 heteroatoms. The molecular formula is C27H38N2O3. The van der Waals surface area contributed by atoms with Crippen LogP contribution in [-0.4, -0.2) is 35.9 Å². The zero-order valence-electron chi connectivity index (χ0n) is 20.4. The number of nitrogens with zero attached hydrogens (tertiary/aromatic N) is 1. The van der Waals surface area contributed by atoms with E-state index in [9.17, 15) is 9.59 Å². The molecule has 2 amide bonds. The molecule has 0 fully saturated rings. The van der Waals surface area contributed by atoms with Crippen LogP contribution in [0.5, 0.6) is 5.75 Å². The summed E-state index contributed by atoms with van der Waals surface area (Å²) in [4.78, 5) is 27.8. The molecule has 5 nitrogen and oxygen atoms in total. The Hall–Kier alpha value is -2.82. The van der Waals surface area contributed by atoms with Gasteiger partial charge in [0, 0.05) is 13.1 Å². The molecule has 0 aromatic heterocycles. The number of carbonyl (C=O) groups excluding carboxylic acids is 2. The second kappa shape index (κ2) is 12.3. The van der Waals surface area contributed by atoms with E-state index in [2.05, 4.69) is 33.0 Å². The predicted octanol–water partition coefficient (Wildman–Crippen LogP) is 5.08. The van der Waals surface area contributed by atoms with Gasteiger partial charge in [0.15, 0.2) is 6.61 Å². The van der Waals surface area contributed by atoms with E-state index in [4.69, 9.17) is 4.74 Å². The standard InChI is InChI=1S/C27H38N2O3/c1-7-25(27(31)28-16-19(2)3)29(17-22-10-8-9-21(6)15-22)26(30)18-32-24-13-11-23(12-14-24)20(4)5/h8-15,19-20,25H,7,16-18H2,1-6H3,(H,28,31)/t25-/m1/s1. The Kier molecular flexibility index (Phi) is 9.76. The number of hydrogen-bond donors (Lipinski definition) is 1. The number of hydrogen-bond acceptors (Lipinski definition) is 3. The van der Waals surface area contributed by atoms with E-state index in [1.54, 1.807) is 4.90 Å². The second-order valence-electron chi connectivity index (χ2n) is 9.09. The summed E-state index contributed by atoms with van der Waals surface area (Å²) >= 11 is 0. The van der Waals surface area contributed by atoms with Crippen LogP contribution >= 0.6 is 0 Å². The Bertz CT molecular complexity index is 875. The van der Waals surface area contributed by atoms with E-state index in [0.29, 0.717) is 37.1 Å². The fourth-order valence-corrected chi connectivity index (χ4v) is 3.53. The molecule has 0 saturated heterocycles. The first-order valence-corrected chi connectivity index (χ1v) is 11.6. The molecule has 1 atom stereocenters. The number of ether oxygens (including phenoxy) is 1. The number of amides is 2. The van der Waals surface area contributed by atoms with Crippen molar-refractivity contribution in [3.63, 3.8) is 0 Å². The zero-order chi connectivity index (χ0) is 23.7. The van der Waals surface area contributed by atoms with Gasteiger partial charge in [-0.3, -0.25) is 9.59 Å². The van der Waals surface area contributed by atoms with E-state index >= 15 is 0 Å². The molecule has 0 heterocycles. The summed E-state index contributed by atoms with van der Waals surface area (Å²) in [5.41, 5.74) is 3.33. The summed E-state index contributed by atoms with van der Waals surface area (Å²) in [6.07, 6.45) is 0.532. The van der Waals surface area contributed by atoms with Gasteiger partial charge in [-0.05, 0) is 48.4 Å². The molecule has 2 rings (SSSR count). The Labute approximate surface area is 193 Å². The van der Waals surface area contributed by atoms with Gasteiger partial charge in [0.25, 0.3) is 5.91 Å². The predicted molar refractivity (Wildman–Crippen MR) is 130 cm³/mol. The molecule has 0 unspecified atom stereocenters. The Balaban J connectivity index is 2.17. The second-order valence-corrected chi connectivity index (χ2v) is 9.09. The van der Waals surface area contributed by atoms with Crippen molar-refractivity contribution in [2.75, 3.05) is 13.2 Å². The van der Waals surface area contributed by atoms with Gasteiger partial charge in [-0.2, -0.15) is 0 Å². The Morgan fingerprint density at radius 2 is 1.72 bits per heavy atom. The number of nitrogens with one attached hydrogen (secondary N) is 1. The van der Waals surface area contributed by atoms with Crippen LogP contribution in [-0.2, 0) is 16.1 Å². The first-order valence-electron chi connectivity index (χ1n) is 11.6. The van der Waals surface area contributed by atoms with Gasteiger partial charge in [-0.25, -0.2) is 0 Å². The normalized spacial score (nSPS) is 12.0. The summed E-state index contributed by atoms with van der Waals surface area (Å²) in [7, 11) is 0. The van der Waals surface area contributed by atoms with Crippen LogP contribution in [0.2, 0.25) is 0 Å². The molecule has 174 valence electrons. The largest absolute Gasteiger partial charge is 0.484 e. The zero-order valence-corrected chi connectivity index (χ0v) is 20.4. The van der Waals surface area contributed by atoms with Crippen LogP contribution in [0.15, 0.2) is 48.5 Å². The SMILES string of the molecule is CC[C@H](C(=O)NCC(C)C)N(Cc1cccc(C)c1)C(=O)COc1ccc(C(C)C)cc1. The first-order chi connectivity index (χ1) is 15.2. The number of carbonyl (C=O) groups is 2.